The number of carbonyl (C=O) groups is 1. The normalized spacial score (nSPS) is 12.1. The summed E-state index contributed by atoms with van der Waals surface area (Å²) in [6.45, 7) is 0.0336. The number of rotatable bonds is 4. The van der Waals surface area contributed by atoms with Gasteiger partial charge >= 0.3 is 6.09 Å². The molecule has 0 fully saturated rings. The summed E-state index contributed by atoms with van der Waals surface area (Å²) in [6, 6.07) is 5.73. The van der Waals surface area contributed by atoms with Crippen molar-refractivity contribution in [2.75, 3.05) is 6.61 Å². The molecule has 1 amide bonds. The maximum Gasteiger partial charge on any atom is 0.404 e. The summed E-state index contributed by atoms with van der Waals surface area (Å²) in [4.78, 5) is 10.3. The van der Waals surface area contributed by atoms with Crippen LogP contribution in [0.4, 0.5) is 9.18 Å². The lowest BCUT2D eigenvalue weighted by atomic mass is 10.1. The summed E-state index contributed by atoms with van der Waals surface area (Å²) in [6.07, 6.45) is -0.421. The summed E-state index contributed by atoms with van der Waals surface area (Å²) in [5.74, 6) is -0.310. The Morgan fingerprint density at radius 1 is 1.53 bits per heavy atom. The van der Waals surface area contributed by atoms with Crippen molar-refractivity contribution in [3.63, 3.8) is 0 Å². The molecule has 82 valence electrons. The summed E-state index contributed by atoms with van der Waals surface area (Å²) in [5, 5.41) is 0. The van der Waals surface area contributed by atoms with Gasteiger partial charge in [0.2, 0.25) is 0 Å². The van der Waals surface area contributed by atoms with Crippen LogP contribution in [0.2, 0.25) is 0 Å². The summed E-state index contributed by atoms with van der Waals surface area (Å²) >= 11 is 0. The van der Waals surface area contributed by atoms with Crippen molar-refractivity contribution in [2.45, 2.75) is 12.5 Å². The summed E-state index contributed by atoms with van der Waals surface area (Å²) in [5.41, 5.74) is 11.2. The van der Waals surface area contributed by atoms with Crippen LogP contribution in [-0.4, -0.2) is 18.7 Å². The Hall–Kier alpha value is -1.62. The Morgan fingerprint density at radius 3 is 2.87 bits per heavy atom. The number of amides is 1. The first-order valence-corrected chi connectivity index (χ1v) is 4.50. The molecule has 0 saturated heterocycles. The van der Waals surface area contributed by atoms with E-state index in [1.807, 2.05) is 0 Å². The van der Waals surface area contributed by atoms with Crippen molar-refractivity contribution in [1.29, 1.82) is 0 Å². The number of primary amides is 1. The third-order valence-corrected chi connectivity index (χ3v) is 1.83. The van der Waals surface area contributed by atoms with Crippen molar-refractivity contribution >= 4 is 6.09 Å². The highest BCUT2D eigenvalue weighted by Crippen LogP contribution is 2.05. The second kappa shape index (κ2) is 5.31. The van der Waals surface area contributed by atoms with Crippen LogP contribution in [-0.2, 0) is 11.2 Å². The number of benzene rings is 1. The first-order chi connectivity index (χ1) is 7.08. The Morgan fingerprint density at radius 2 is 2.27 bits per heavy atom. The zero-order valence-corrected chi connectivity index (χ0v) is 8.15. The quantitative estimate of drug-likeness (QED) is 0.774. The smallest absolute Gasteiger partial charge is 0.404 e. The number of carbonyl (C=O) groups excluding carboxylic acids is 1. The molecule has 4 N–H and O–H groups in total. The van der Waals surface area contributed by atoms with Gasteiger partial charge in [0.1, 0.15) is 12.4 Å². The Bertz CT molecular complexity index is 344. The average Bonchev–Trinajstić information content (AvgIpc) is 2.15. The molecule has 4 nitrogen and oxygen atoms in total. The molecule has 0 radical (unpaired) electrons. The fraction of sp³-hybridized carbons (Fsp3) is 0.300. The van der Waals surface area contributed by atoms with Crippen LogP contribution in [0.1, 0.15) is 5.56 Å². The second-order valence-corrected chi connectivity index (χ2v) is 3.22. The SMILES string of the molecule is NC(=O)OC[C@@H](N)Cc1cccc(F)c1. The molecule has 0 bridgehead atoms. The molecule has 0 aliphatic rings. The number of nitrogens with two attached hydrogens (primary N) is 2. The fourth-order valence-corrected chi connectivity index (χ4v) is 1.21. The third-order valence-electron chi connectivity index (χ3n) is 1.83. The number of hydrogen-bond donors (Lipinski definition) is 2. The van der Waals surface area contributed by atoms with E-state index in [1.54, 1.807) is 12.1 Å². The molecule has 0 aromatic heterocycles. The Labute approximate surface area is 87.0 Å². The largest absolute Gasteiger partial charge is 0.448 e. The summed E-state index contributed by atoms with van der Waals surface area (Å²) in [7, 11) is 0. The van der Waals surface area contributed by atoms with Gasteiger partial charge in [-0.3, -0.25) is 0 Å². The van der Waals surface area contributed by atoms with Gasteiger partial charge in [0.05, 0.1) is 0 Å². The number of halogens is 1. The second-order valence-electron chi connectivity index (χ2n) is 3.22. The van der Waals surface area contributed by atoms with Crippen molar-refractivity contribution in [1.82, 2.24) is 0 Å². The standard InChI is InChI=1S/C10H13FN2O2/c11-8-3-1-2-7(4-8)5-9(12)6-15-10(13)14/h1-4,9H,5-6,12H2,(H2,13,14)/t9-/m0/s1. The van der Waals surface area contributed by atoms with E-state index in [-0.39, 0.29) is 18.5 Å². The minimum Gasteiger partial charge on any atom is -0.448 e. The molecule has 0 aliphatic carbocycles. The molecule has 5 heteroatoms. The first-order valence-electron chi connectivity index (χ1n) is 4.50. The van der Waals surface area contributed by atoms with Crippen LogP contribution in [0, 0.1) is 5.82 Å². The van der Waals surface area contributed by atoms with Crippen LogP contribution in [0.3, 0.4) is 0 Å². The molecule has 1 aromatic carbocycles. The van der Waals surface area contributed by atoms with E-state index in [2.05, 4.69) is 4.74 Å². The van der Waals surface area contributed by atoms with Gasteiger partial charge < -0.3 is 16.2 Å². The average molecular weight is 212 g/mol. The Kier molecular flexibility index (Phi) is 4.05. The van der Waals surface area contributed by atoms with Gasteiger partial charge in [-0.15, -0.1) is 0 Å². The monoisotopic (exact) mass is 212 g/mol. The maximum absolute atomic E-state index is 12.8. The number of ether oxygens (including phenoxy) is 1. The summed E-state index contributed by atoms with van der Waals surface area (Å²) < 4.78 is 17.3. The maximum atomic E-state index is 12.8. The van der Waals surface area contributed by atoms with Gasteiger partial charge in [-0.1, -0.05) is 12.1 Å². The highest BCUT2D eigenvalue weighted by Gasteiger charge is 2.06. The third kappa shape index (κ3) is 4.42. The molecule has 1 aromatic rings. The molecule has 0 heterocycles. The van der Waals surface area contributed by atoms with Gasteiger partial charge in [0.15, 0.2) is 0 Å². The predicted octanol–water partition coefficient (Wildman–Crippen LogP) is 0.791. The predicted molar refractivity (Wildman–Crippen MR) is 53.6 cm³/mol. The molecule has 0 aliphatic heterocycles. The highest BCUT2D eigenvalue weighted by atomic mass is 19.1. The molecular weight excluding hydrogens is 199 g/mol. The highest BCUT2D eigenvalue weighted by molar-refractivity contribution is 5.64. The fourth-order valence-electron chi connectivity index (χ4n) is 1.21. The van der Waals surface area contributed by atoms with Crippen LogP contribution in [0.25, 0.3) is 0 Å². The lowest BCUT2D eigenvalue weighted by Gasteiger charge is -2.10. The molecule has 15 heavy (non-hydrogen) atoms. The van der Waals surface area contributed by atoms with Gasteiger partial charge in [-0.2, -0.15) is 0 Å². The molecule has 0 unspecified atom stereocenters. The van der Waals surface area contributed by atoms with Crippen molar-refractivity contribution in [3.8, 4) is 0 Å². The van der Waals surface area contributed by atoms with Crippen LogP contribution in [0.5, 0.6) is 0 Å². The Balaban J connectivity index is 2.44. The van der Waals surface area contributed by atoms with E-state index < -0.39 is 6.09 Å². The molecule has 1 rings (SSSR count). The minimum absolute atomic E-state index is 0.0336. The van der Waals surface area contributed by atoms with E-state index in [0.717, 1.165) is 5.56 Å². The van der Waals surface area contributed by atoms with E-state index in [9.17, 15) is 9.18 Å². The van der Waals surface area contributed by atoms with Crippen molar-refractivity contribution in [2.24, 2.45) is 11.5 Å². The van der Waals surface area contributed by atoms with E-state index in [0.29, 0.717) is 6.42 Å². The van der Waals surface area contributed by atoms with Crippen LogP contribution in [0.15, 0.2) is 24.3 Å². The van der Waals surface area contributed by atoms with E-state index >= 15 is 0 Å². The van der Waals surface area contributed by atoms with Gasteiger partial charge in [0.25, 0.3) is 0 Å². The van der Waals surface area contributed by atoms with E-state index in [4.69, 9.17) is 11.5 Å². The molecular formula is C10H13FN2O2. The molecule has 0 spiro atoms. The number of hydrogen-bond acceptors (Lipinski definition) is 3. The van der Waals surface area contributed by atoms with Crippen molar-refractivity contribution < 1.29 is 13.9 Å². The molecule has 1 atom stereocenters. The lowest BCUT2D eigenvalue weighted by Crippen LogP contribution is -2.31. The zero-order valence-electron chi connectivity index (χ0n) is 8.15. The van der Waals surface area contributed by atoms with Gasteiger partial charge in [-0.25, -0.2) is 9.18 Å². The van der Waals surface area contributed by atoms with Crippen molar-refractivity contribution in [3.05, 3.63) is 35.6 Å². The van der Waals surface area contributed by atoms with E-state index in [1.165, 1.54) is 12.1 Å². The topological polar surface area (TPSA) is 78.3 Å². The van der Waals surface area contributed by atoms with Gasteiger partial charge in [0, 0.05) is 6.04 Å². The van der Waals surface area contributed by atoms with Gasteiger partial charge in [-0.05, 0) is 24.1 Å². The lowest BCUT2D eigenvalue weighted by molar-refractivity contribution is 0.149. The first kappa shape index (κ1) is 11.5. The van der Waals surface area contributed by atoms with Crippen LogP contribution < -0.4 is 11.5 Å². The minimum atomic E-state index is -0.857. The zero-order chi connectivity index (χ0) is 11.3. The molecule has 0 saturated carbocycles. The van der Waals surface area contributed by atoms with Crippen LogP contribution >= 0.6 is 0 Å².